The van der Waals surface area contributed by atoms with Crippen LogP contribution in [0.2, 0.25) is 0 Å². The largest absolute Gasteiger partial charge is 0.293 e. The van der Waals surface area contributed by atoms with Gasteiger partial charge in [-0.2, -0.15) is 4.31 Å². The molecular formula is C21H26N2O3S2. The summed E-state index contributed by atoms with van der Waals surface area (Å²) in [6.07, 6.45) is 4.28. The molecule has 0 unspecified atom stereocenters. The van der Waals surface area contributed by atoms with Gasteiger partial charge in [-0.3, -0.25) is 4.79 Å². The minimum Gasteiger partial charge on any atom is -0.293 e. The first-order chi connectivity index (χ1) is 13.3. The lowest BCUT2D eigenvalue weighted by Crippen LogP contribution is -2.35. The fraction of sp³-hybridized carbons (Fsp3) is 0.429. The molecule has 2 aromatic rings. The molecular weight excluding hydrogens is 392 g/mol. The van der Waals surface area contributed by atoms with Crippen molar-refractivity contribution in [2.75, 3.05) is 18.8 Å². The van der Waals surface area contributed by atoms with Crippen LogP contribution >= 0.6 is 11.8 Å². The van der Waals surface area contributed by atoms with E-state index in [1.807, 2.05) is 32.9 Å². The smallest absolute Gasteiger partial charge is 0.244 e. The monoisotopic (exact) mass is 418 g/mol. The lowest BCUT2D eigenvalue weighted by Gasteiger charge is -2.25. The van der Waals surface area contributed by atoms with Gasteiger partial charge in [0.05, 0.1) is 10.8 Å². The predicted octanol–water partition coefficient (Wildman–Crippen LogP) is 4.16. The first-order valence-corrected chi connectivity index (χ1v) is 11.9. The highest BCUT2D eigenvalue weighted by atomic mass is 32.2. The normalized spacial score (nSPS) is 15.5. The Labute approximate surface area is 171 Å². The number of piperidine rings is 1. The number of hydrogen-bond acceptors (Lipinski definition) is 5. The van der Waals surface area contributed by atoms with E-state index in [0.717, 1.165) is 36.0 Å². The minimum atomic E-state index is -3.47. The number of benzene rings is 1. The molecule has 5 nitrogen and oxygen atoms in total. The van der Waals surface area contributed by atoms with E-state index < -0.39 is 10.0 Å². The lowest BCUT2D eigenvalue weighted by molar-refractivity contribution is 0.102. The van der Waals surface area contributed by atoms with Crippen LogP contribution in [0, 0.1) is 20.8 Å². The number of thioether (sulfide) groups is 1. The number of aryl methyl sites for hydroxylation is 3. The molecule has 0 radical (unpaired) electrons. The predicted molar refractivity (Wildman–Crippen MR) is 113 cm³/mol. The molecule has 1 aliphatic rings. The van der Waals surface area contributed by atoms with E-state index in [2.05, 4.69) is 4.98 Å². The third-order valence-corrected chi connectivity index (χ3v) is 7.98. The van der Waals surface area contributed by atoms with Crippen molar-refractivity contribution in [2.24, 2.45) is 0 Å². The second-order valence-electron chi connectivity index (χ2n) is 7.26. The second-order valence-corrected chi connectivity index (χ2v) is 10.2. The average molecular weight is 419 g/mol. The van der Waals surface area contributed by atoms with Gasteiger partial charge in [0.25, 0.3) is 0 Å². The highest BCUT2D eigenvalue weighted by Gasteiger charge is 2.26. The molecule has 0 amide bonds. The summed E-state index contributed by atoms with van der Waals surface area (Å²) >= 11 is 1.33. The molecule has 1 aromatic carbocycles. The standard InChI is InChI=1S/C21H26N2O3S2/c1-15-11-17(3)19(12-16(15)2)20(24)14-27-21-8-7-18(13-22-21)28(25,26)23-9-5-4-6-10-23/h7-8,11-13H,4-6,9-10,14H2,1-3H3. The summed E-state index contributed by atoms with van der Waals surface area (Å²) in [5.74, 6) is 0.326. The van der Waals surface area contributed by atoms with Crippen molar-refractivity contribution >= 4 is 27.6 Å². The van der Waals surface area contributed by atoms with E-state index in [1.54, 1.807) is 12.1 Å². The van der Waals surface area contributed by atoms with Crippen LogP contribution in [0.1, 0.15) is 46.3 Å². The minimum absolute atomic E-state index is 0.0532. The van der Waals surface area contributed by atoms with Crippen LogP contribution in [0.15, 0.2) is 40.4 Å². The molecule has 0 aliphatic carbocycles. The maximum Gasteiger partial charge on any atom is 0.244 e. The van der Waals surface area contributed by atoms with Crippen LogP contribution in [0.3, 0.4) is 0 Å². The van der Waals surface area contributed by atoms with Crippen molar-refractivity contribution in [2.45, 2.75) is 50.0 Å². The molecule has 1 fully saturated rings. The van der Waals surface area contributed by atoms with Gasteiger partial charge in [0.2, 0.25) is 10.0 Å². The summed E-state index contributed by atoms with van der Waals surface area (Å²) in [4.78, 5) is 17.1. The number of Topliss-reactive ketones (excluding diaryl/α,β-unsaturated/α-hetero) is 1. The quantitative estimate of drug-likeness (QED) is 0.521. The van der Waals surface area contributed by atoms with Crippen LogP contribution < -0.4 is 0 Å². The third-order valence-electron chi connectivity index (χ3n) is 5.15. The van der Waals surface area contributed by atoms with Crippen LogP contribution in [0.25, 0.3) is 0 Å². The molecule has 1 aromatic heterocycles. The van der Waals surface area contributed by atoms with E-state index in [0.29, 0.717) is 18.1 Å². The summed E-state index contributed by atoms with van der Waals surface area (Å²) in [6.45, 7) is 7.13. The van der Waals surface area contributed by atoms with Crippen LogP contribution in [-0.4, -0.2) is 42.3 Å². The summed E-state index contributed by atoms with van der Waals surface area (Å²) in [5.41, 5.74) is 3.99. The van der Waals surface area contributed by atoms with Gasteiger partial charge in [-0.1, -0.05) is 24.2 Å². The summed E-state index contributed by atoms with van der Waals surface area (Å²) in [5, 5.41) is 0.646. The van der Waals surface area contributed by atoms with Gasteiger partial charge in [-0.15, -0.1) is 0 Å². The third kappa shape index (κ3) is 4.64. The average Bonchev–Trinajstić information content (AvgIpc) is 2.70. The number of carbonyl (C=O) groups excluding carboxylic acids is 1. The van der Waals surface area contributed by atoms with Crippen molar-refractivity contribution in [1.82, 2.24) is 9.29 Å². The van der Waals surface area contributed by atoms with Crippen molar-refractivity contribution in [1.29, 1.82) is 0 Å². The summed E-state index contributed by atoms with van der Waals surface area (Å²) < 4.78 is 26.9. The zero-order valence-corrected chi connectivity index (χ0v) is 18.2. The Morgan fingerprint density at radius 2 is 1.71 bits per heavy atom. The van der Waals surface area contributed by atoms with E-state index in [1.165, 1.54) is 27.8 Å². The Morgan fingerprint density at radius 1 is 1.04 bits per heavy atom. The van der Waals surface area contributed by atoms with Gasteiger partial charge in [0.15, 0.2) is 5.78 Å². The highest BCUT2D eigenvalue weighted by molar-refractivity contribution is 7.99. The zero-order valence-electron chi connectivity index (χ0n) is 16.6. The first kappa shape index (κ1) is 21.0. The molecule has 0 atom stereocenters. The fourth-order valence-corrected chi connectivity index (χ4v) is 5.53. The molecule has 3 rings (SSSR count). The molecule has 7 heteroatoms. The van der Waals surface area contributed by atoms with Gasteiger partial charge in [-0.25, -0.2) is 13.4 Å². The lowest BCUT2D eigenvalue weighted by atomic mass is 9.99. The summed E-state index contributed by atoms with van der Waals surface area (Å²) in [7, 11) is -3.47. The van der Waals surface area contributed by atoms with Gasteiger partial charge in [-0.05, 0) is 68.5 Å². The van der Waals surface area contributed by atoms with Crippen LogP contribution in [-0.2, 0) is 10.0 Å². The number of rotatable bonds is 6. The Bertz CT molecular complexity index is 964. The van der Waals surface area contributed by atoms with Crippen LogP contribution in [0.4, 0.5) is 0 Å². The van der Waals surface area contributed by atoms with Crippen molar-refractivity contribution in [3.63, 3.8) is 0 Å². The number of carbonyl (C=O) groups is 1. The van der Waals surface area contributed by atoms with E-state index >= 15 is 0 Å². The van der Waals surface area contributed by atoms with Crippen molar-refractivity contribution in [3.05, 3.63) is 52.7 Å². The number of ketones is 1. The number of aromatic nitrogens is 1. The Balaban J connectivity index is 1.66. The molecule has 150 valence electrons. The molecule has 2 heterocycles. The molecule has 0 spiro atoms. The van der Waals surface area contributed by atoms with Crippen molar-refractivity contribution in [3.8, 4) is 0 Å². The topological polar surface area (TPSA) is 67.3 Å². The van der Waals surface area contributed by atoms with E-state index in [-0.39, 0.29) is 16.4 Å². The number of hydrogen-bond donors (Lipinski definition) is 0. The van der Waals surface area contributed by atoms with Crippen molar-refractivity contribution < 1.29 is 13.2 Å². The van der Waals surface area contributed by atoms with Gasteiger partial charge in [0, 0.05) is 24.8 Å². The number of pyridine rings is 1. The summed E-state index contributed by atoms with van der Waals surface area (Å²) in [6, 6.07) is 7.24. The maximum atomic E-state index is 12.7. The SMILES string of the molecule is Cc1cc(C)c(C(=O)CSc2ccc(S(=O)(=O)N3CCCCC3)cn2)cc1C. The van der Waals surface area contributed by atoms with E-state index in [4.69, 9.17) is 0 Å². The zero-order chi connectivity index (χ0) is 20.3. The Kier molecular flexibility index (Phi) is 6.58. The maximum absolute atomic E-state index is 12.7. The van der Waals surface area contributed by atoms with Gasteiger partial charge >= 0.3 is 0 Å². The first-order valence-electron chi connectivity index (χ1n) is 9.49. The molecule has 28 heavy (non-hydrogen) atoms. The Hall–Kier alpha value is -1.70. The molecule has 0 bridgehead atoms. The Morgan fingerprint density at radius 3 is 2.36 bits per heavy atom. The van der Waals surface area contributed by atoms with E-state index in [9.17, 15) is 13.2 Å². The molecule has 1 aliphatic heterocycles. The second kappa shape index (κ2) is 8.76. The van der Waals surface area contributed by atoms with Gasteiger partial charge < -0.3 is 0 Å². The van der Waals surface area contributed by atoms with Gasteiger partial charge in [0.1, 0.15) is 4.90 Å². The van der Waals surface area contributed by atoms with Crippen LogP contribution in [0.5, 0.6) is 0 Å². The highest BCUT2D eigenvalue weighted by Crippen LogP contribution is 2.24. The number of nitrogens with zero attached hydrogens (tertiary/aromatic N) is 2. The molecule has 0 saturated carbocycles. The molecule has 1 saturated heterocycles. The fourth-order valence-electron chi connectivity index (χ4n) is 3.34. The molecule has 0 N–H and O–H groups in total. The number of sulfonamides is 1.